The smallest absolute Gasteiger partial charge is 0.122 e. The van der Waals surface area contributed by atoms with Crippen LogP contribution in [-0.2, 0) is 11.2 Å². The van der Waals surface area contributed by atoms with Crippen molar-refractivity contribution in [2.75, 3.05) is 20.3 Å². The van der Waals surface area contributed by atoms with E-state index < -0.39 is 0 Å². The van der Waals surface area contributed by atoms with E-state index in [1.165, 1.54) is 5.56 Å². The van der Waals surface area contributed by atoms with Gasteiger partial charge in [-0.2, -0.15) is 0 Å². The zero-order valence-electron chi connectivity index (χ0n) is 9.49. The van der Waals surface area contributed by atoms with Gasteiger partial charge in [-0.05, 0) is 24.5 Å². The molecule has 0 N–H and O–H groups in total. The summed E-state index contributed by atoms with van der Waals surface area (Å²) < 4.78 is 10.7. The van der Waals surface area contributed by atoms with Gasteiger partial charge in [-0.3, -0.25) is 0 Å². The van der Waals surface area contributed by atoms with Gasteiger partial charge in [0.2, 0.25) is 0 Å². The van der Waals surface area contributed by atoms with Crippen molar-refractivity contribution in [3.05, 3.63) is 29.8 Å². The molecular formula is C13H17ClO2. The second-order valence-electron chi connectivity index (χ2n) is 4.16. The SMILES string of the molecule is COc1ccccc1CC(Cl)C1CCOC1. The van der Waals surface area contributed by atoms with Crippen LogP contribution in [0.3, 0.4) is 0 Å². The molecule has 0 amide bonds. The lowest BCUT2D eigenvalue weighted by Crippen LogP contribution is -2.17. The Bertz CT molecular complexity index is 334. The molecule has 2 rings (SSSR count). The van der Waals surface area contributed by atoms with Crippen molar-refractivity contribution in [2.24, 2.45) is 5.92 Å². The van der Waals surface area contributed by atoms with E-state index in [0.717, 1.165) is 31.8 Å². The number of para-hydroxylation sites is 1. The first-order chi connectivity index (χ1) is 7.81. The van der Waals surface area contributed by atoms with Gasteiger partial charge in [0.1, 0.15) is 5.75 Å². The van der Waals surface area contributed by atoms with Gasteiger partial charge in [0.05, 0.1) is 13.7 Å². The predicted molar refractivity (Wildman–Crippen MR) is 65.3 cm³/mol. The molecule has 1 fully saturated rings. The highest BCUT2D eigenvalue weighted by molar-refractivity contribution is 6.21. The van der Waals surface area contributed by atoms with Crippen molar-refractivity contribution < 1.29 is 9.47 Å². The van der Waals surface area contributed by atoms with E-state index in [9.17, 15) is 0 Å². The Morgan fingerprint density at radius 3 is 3.00 bits per heavy atom. The Labute approximate surface area is 102 Å². The van der Waals surface area contributed by atoms with Crippen LogP contribution in [0.5, 0.6) is 5.75 Å². The van der Waals surface area contributed by atoms with E-state index >= 15 is 0 Å². The van der Waals surface area contributed by atoms with E-state index in [0.29, 0.717) is 5.92 Å². The van der Waals surface area contributed by atoms with E-state index in [2.05, 4.69) is 6.07 Å². The molecule has 0 bridgehead atoms. The Morgan fingerprint density at radius 2 is 2.31 bits per heavy atom. The highest BCUT2D eigenvalue weighted by Gasteiger charge is 2.24. The van der Waals surface area contributed by atoms with Crippen molar-refractivity contribution in [2.45, 2.75) is 18.2 Å². The number of methoxy groups -OCH3 is 1. The first kappa shape index (κ1) is 11.7. The van der Waals surface area contributed by atoms with E-state index in [1.54, 1.807) is 7.11 Å². The first-order valence-electron chi connectivity index (χ1n) is 5.65. The number of ether oxygens (including phenoxy) is 2. The first-order valence-corrected chi connectivity index (χ1v) is 6.08. The molecule has 2 unspecified atom stereocenters. The molecule has 2 atom stereocenters. The summed E-state index contributed by atoms with van der Waals surface area (Å²) >= 11 is 6.42. The summed E-state index contributed by atoms with van der Waals surface area (Å²) in [6.07, 6.45) is 1.92. The third-order valence-electron chi connectivity index (χ3n) is 3.08. The Balaban J connectivity index is 2.01. The minimum Gasteiger partial charge on any atom is -0.496 e. The molecule has 0 aliphatic carbocycles. The maximum Gasteiger partial charge on any atom is 0.122 e. The van der Waals surface area contributed by atoms with Crippen LogP contribution in [0.1, 0.15) is 12.0 Å². The minimum absolute atomic E-state index is 0.138. The number of halogens is 1. The topological polar surface area (TPSA) is 18.5 Å². The van der Waals surface area contributed by atoms with Gasteiger partial charge in [-0.1, -0.05) is 18.2 Å². The molecule has 1 heterocycles. The Kier molecular flexibility index (Phi) is 4.08. The molecular weight excluding hydrogens is 224 g/mol. The summed E-state index contributed by atoms with van der Waals surface area (Å²) in [7, 11) is 1.70. The minimum atomic E-state index is 0.138. The molecule has 0 aromatic heterocycles. The average molecular weight is 241 g/mol. The lowest BCUT2D eigenvalue weighted by Gasteiger charge is -2.16. The van der Waals surface area contributed by atoms with Gasteiger partial charge >= 0.3 is 0 Å². The normalized spacial score (nSPS) is 22.0. The zero-order valence-corrected chi connectivity index (χ0v) is 10.2. The molecule has 1 aromatic rings. The second-order valence-corrected chi connectivity index (χ2v) is 4.72. The molecule has 1 aromatic carbocycles. The zero-order chi connectivity index (χ0) is 11.4. The van der Waals surface area contributed by atoms with Crippen LogP contribution < -0.4 is 4.74 Å². The van der Waals surface area contributed by atoms with E-state index in [1.807, 2.05) is 18.2 Å². The molecule has 2 nitrogen and oxygen atoms in total. The molecule has 3 heteroatoms. The Morgan fingerprint density at radius 1 is 1.50 bits per heavy atom. The monoisotopic (exact) mass is 240 g/mol. The summed E-state index contributed by atoms with van der Waals surface area (Å²) in [5, 5.41) is 0.138. The molecule has 88 valence electrons. The van der Waals surface area contributed by atoms with Gasteiger partial charge < -0.3 is 9.47 Å². The standard InChI is InChI=1S/C13H17ClO2/c1-15-13-5-3-2-4-10(13)8-12(14)11-6-7-16-9-11/h2-5,11-12H,6-9H2,1H3. The van der Waals surface area contributed by atoms with Crippen molar-refractivity contribution in [3.8, 4) is 5.75 Å². The van der Waals surface area contributed by atoms with E-state index in [4.69, 9.17) is 21.1 Å². The quantitative estimate of drug-likeness (QED) is 0.754. The molecule has 1 saturated heterocycles. The van der Waals surface area contributed by atoms with Gasteiger partial charge in [0.25, 0.3) is 0 Å². The van der Waals surface area contributed by atoms with Gasteiger partial charge in [-0.25, -0.2) is 0 Å². The molecule has 1 aliphatic heterocycles. The van der Waals surface area contributed by atoms with Gasteiger partial charge in [0.15, 0.2) is 0 Å². The summed E-state index contributed by atoms with van der Waals surface area (Å²) in [6.45, 7) is 1.64. The maximum atomic E-state index is 6.42. The molecule has 0 saturated carbocycles. The lowest BCUT2D eigenvalue weighted by molar-refractivity contribution is 0.185. The number of hydrogen-bond acceptors (Lipinski definition) is 2. The van der Waals surface area contributed by atoms with Gasteiger partial charge in [0, 0.05) is 17.9 Å². The number of rotatable bonds is 4. The third kappa shape index (κ3) is 2.69. The van der Waals surface area contributed by atoms with Crippen LogP contribution in [0.4, 0.5) is 0 Å². The van der Waals surface area contributed by atoms with Crippen molar-refractivity contribution in [1.29, 1.82) is 0 Å². The van der Waals surface area contributed by atoms with Crippen LogP contribution in [0, 0.1) is 5.92 Å². The number of hydrogen-bond donors (Lipinski definition) is 0. The maximum absolute atomic E-state index is 6.42. The highest BCUT2D eigenvalue weighted by atomic mass is 35.5. The summed E-state index contributed by atoms with van der Waals surface area (Å²) in [4.78, 5) is 0. The summed E-state index contributed by atoms with van der Waals surface area (Å²) in [5.74, 6) is 1.40. The number of benzene rings is 1. The van der Waals surface area contributed by atoms with Crippen LogP contribution >= 0.6 is 11.6 Å². The molecule has 0 radical (unpaired) electrons. The lowest BCUT2D eigenvalue weighted by atomic mass is 9.98. The Hall–Kier alpha value is -0.730. The average Bonchev–Trinajstić information content (AvgIpc) is 2.83. The fraction of sp³-hybridized carbons (Fsp3) is 0.538. The van der Waals surface area contributed by atoms with Crippen molar-refractivity contribution in [3.63, 3.8) is 0 Å². The third-order valence-corrected chi connectivity index (χ3v) is 3.59. The van der Waals surface area contributed by atoms with Crippen LogP contribution in [-0.4, -0.2) is 25.7 Å². The second kappa shape index (κ2) is 5.55. The van der Waals surface area contributed by atoms with Crippen molar-refractivity contribution in [1.82, 2.24) is 0 Å². The van der Waals surface area contributed by atoms with Crippen LogP contribution in [0.2, 0.25) is 0 Å². The van der Waals surface area contributed by atoms with Crippen LogP contribution in [0.15, 0.2) is 24.3 Å². The molecule has 1 aliphatic rings. The van der Waals surface area contributed by atoms with Crippen molar-refractivity contribution >= 4 is 11.6 Å². The molecule has 16 heavy (non-hydrogen) atoms. The van der Waals surface area contributed by atoms with Gasteiger partial charge in [-0.15, -0.1) is 11.6 Å². The number of alkyl halides is 1. The summed E-state index contributed by atoms with van der Waals surface area (Å²) in [6, 6.07) is 8.05. The predicted octanol–water partition coefficient (Wildman–Crippen LogP) is 2.88. The molecule has 0 spiro atoms. The van der Waals surface area contributed by atoms with E-state index in [-0.39, 0.29) is 5.38 Å². The highest BCUT2D eigenvalue weighted by Crippen LogP contribution is 2.27. The fourth-order valence-electron chi connectivity index (χ4n) is 2.09. The largest absolute Gasteiger partial charge is 0.496 e. The fourth-order valence-corrected chi connectivity index (χ4v) is 2.45. The summed E-state index contributed by atoms with van der Waals surface area (Å²) in [5.41, 5.74) is 1.18. The van der Waals surface area contributed by atoms with Crippen LogP contribution in [0.25, 0.3) is 0 Å².